The Labute approximate surface area is 114 Å². The smallest absolute Gasteiger partial charge is 0.0638 e. The first-order valence-corrected chi connectivity index (χ1v) is 6.36. The van der Waals surface area contributed by atoms with Gasteiger partial charge in [-0.2, -0.15) is 0 Å². The molecule has 3 N–H and O–H groups in total. The van der Waals surface area contributed by atoms with Gasteiger partial charge in [0.15, 0.2) is 0 Å². The van der Waals surface area contributed by atoms with E-state index in [1.165, 1.54) is 0 Å². The van der Waals surface area contributed by atoms with Gasteiger partial charge >= 0.3 is 0 Å². The largest absolute Gasteiger partial charge is 0.398 e. The number of para-hydroxylation sites is 1. The summed E-state index contributed by atoms with van der Waals surface area (Å²) in [5, 5.41) is 3.97. The molecular formula is C13H12BrClN2. The molecule has 0 aromatic heterocycles. The van der Waals surface area contributed by atoms with Crippen LogP contribution in [0.25, 0.3) is 0 Å². The van der Waals surface area contributed by atoms with Crippen molar-refractivity contribution in [3.8, 4) is 0 Å². The van der Waals surface area contributed by atoms with Crippen molar-refractivity contribution in [2.45, 2.75) is 6.54 Å². The average Bonchev–Trinajstić information content (AvgIpc) is 2.32. The van der Waals surface area contributed by atoms with E-state index in [4.69, 9.17) is 17.3 Å². The summed E-state index contributed by atoms with van der Waals surface area (Å²) in [4.78, 5) is 0. The second-order valence-corrected chi connectivity index (χ2v) is 5.00. The number of anilines is 2. The van der Waals surface area contributed by atoms with Crippen molar-refractivity contribution in [1.82, 2.24) is 0 Å². The van der Waals surface area contributed by atoms with E-state index in [2.05, 4.69) is 21.2 Å². The topological polar surface area (TPSA) is 38.0 Å². The Morgan fingerprint density at radius 3 is 2.71 bits per heavy atom. The standard InChI is InChI=1S/C13H12BrClN2/c14-10-5-6-11(15)13(7-10)17-8-9-3-1-2-4-12(9)16/h1-7,17H,8,16H2. The highest BCUT2D eigenvalue weighted by molar-refractivity contribution is 9.10. The molecule has 2 rings (SSSR count). The lowest BCUT2D eigenvalue weighted by Gasteiger charge is -2.10. The van der Waals surface area contributed by atoms with Crippen LogP contribution in [0.1, 0.15) is 5.56 Å². The molecule has 0 fully saturated rings. The van der Waals surface area contributed by atoms with E-state index in [0.29, 0.717) is 11.6 Å². The summed E-state index contributed by atoms with van der Waals surface area (Å²) in [6.07, 6.45) is 0. The second kappa shape index (κ2) is 5.43. The number of rotatable bonds is 3. The van der Waals surface area contributed by atoms with Crippen molar-refractivity contribution in [3.63, 3.8) is 0 Å². The Hall–Kier alpha value is -1.19. The quantitative estimate of drug-likeness (QED) is 0.830. The van der Waals surface area contributed by atoms with E-state index < -0.39 is 0 Å². The number of nitrogen functional groups attached to an aromatic ring is 1. The molecule has 0 aliphatic heterocycles. The minimum Gasteiger partial charge on any atom is -0.398 e. The highest BCUT2D eigenvalue weighted by atomic mass is 79.9. The van der Waals surface area contributed by atoms with E-state index >= 15 is 0 Å². The first-order valence-electron chi connectivity index (χ1n) is 5.19. The summed E-state index contributed by atoms with van der Waals surface area (Å²) in [6.45, 7) is 0.656. The Morgan fingerprint density at radius 2 is 1.94 bits per heavy atom. The lowest BCUT2D eigenvalue weighted by molar-refractivity contribution is 1.15. The lowest BCUT2D eigenvalue weighted by atomic mass is 10.2. The molecule has 88 valence electrons. The van der Waals surface area contributed by atoms with Gasteiger partial charge in [-0.15, -0.1) is 0 Å². The molecule has 0 atom stereocenters. The van der Waals surface area contributed by atoms with Crippen LogP contribution in [0.3, 0.4) is 0 Å². The van der Waals surface area contributed by atoms with Crippen LogP contribution in [0.4, 0.5) is 11.4 Å². The van der Waals surface area contributed by atoms with Crippen LogP contribution >= 0.6 is 27.5 Å². The predicted molar refractivity (Wildman–Crippen MR) is 77.3 cm³/mol. The molecule has 0 aliphatic rings. The molecule has 0 saturated heterocycles. The van der Waals surface area contributed by atoms with Gasteiger partial charge in [0.1, 0.15) is 0 Å². The maximum absolute atomic E-state index is 6.09. The van der Waals surface area contributed by atoms with Gasteiger partial charge in [-0.3, -0.25) is 0 Å². The van der Waals surface area contributed by atoms with Crippen molar-refractivity contribution in [2.24, 2.45) is 0 Å². The van der Waals surface area contributed by atoms with Crippen molar-refractivity contribution in [2.75, 3.05) is 11.1 Å². The normalized spacial score (nSPS) is 10.2. The Bertz CT molecular complexity index is 529. The third-order valence-corrected chi connectivity index (χ3v) is 3.28. The first-order chi connectivity index (χ1) is 8.16. The highest BCUT2D eigenvalue weighted by Crippen LogP contribution is 2.26. The van der Waals surface area contributed by atoms with Gasteiger partial charge in [0.2, 0.25) is 0 Å². The van der Waals surface area contributed by atoms with Crippen LogP contribution in [0.15, 0.2) is 46.9 Å². The maximum atomic E-state index is 6.09. The van der Waals surface area contributed by atoms with Gasteiger partial charge in [-0.25, -0.2) is 0 Å². The molecule has 0 spiro atoms. The molecular weight excluding hydrogens is 300 g/mol. The fourth-order valence-electron chi connectivity index (χ4n) is 1.52. The second-order valence-electron chi connectivity index (χ2n) is 3.68. The summed E-state index contributed by atoms with van der Waals surface area (Å²) in [5.41, 5.74) is 8.61. The predicted octanol–water partition coefficient (Wildman–Crippen LogP) is 4.30. The third kappa shape index (κ3) is 3.14. The Kier molecular flexibility index (Phi) is 3.92. The van der Waals surface area contributed by atoms with Crippen LogP contribution < -0.4 is 11.1 Å². The van der Waals surface area contributed by atoms with Crippen LogP contribution in [0, 0.1) is 0 Å². The molecule has 2 nitrogen and oxygen atoms in total. The van der Waals surface area contributed by atoms with Crippen LogP contribution in [-0.4, -0.2) is 0 Å². The Balaban J connectivity index is 2.12. The molecule has 0 unspecified atom stereocenters. The van der Waals surface area contributed by atoms with Crippen LogP contribution in [-0.2, 0) is 6.54 Å². The number of nitrogens with two attached hydrogens (primary N) is 1. The maximum Gasteiger partial charge on any atom is 0.0638 e. The first kappa shape index (κ1) is 12.3. The molecule has 0 amide bonds. The number of hydrogen-bond acceptors (Lipinski definition) is 2. The number of benzene rings is 2. The monoisotopic (exact) mass is 310 g/mol. The van der Waals surface area contributed by atoms with Crippen LogP contribution in [0.5, 0.6) is 0 Å². The minimum absolute atomic E-state index is 0.656. The van der Waals surface area contributed by atoms with E-state index in [-0.39, 0.29) is 0 Å². The zero-order valence-electron chi connectivity index (χ0n) is 9.08. The van der Waals surface area contributed by atoms with Gasteiger partial charge in [0.05, 0.1) is 10.7 Å². The van der Waals surface area contributed by atoms with Gasteiger partial charge in [0, 0.05) is 16.7 Å². The van der Waals surface area contributed by atoms with Crippen molar-refractivity contribution < 1.29 is 0 Å². The number of hydrogen-bond donors (Lipinski definition) is 2. The van der Waals surface area contributed by atoms with Crippen LogP contribution in [0.2, 0.25) is 5.02 Å². The highest BCUT2D eigenvalue weighted by Gasteiger charge is 2.02. The number of halogens is 2. The van der Waals surface area contributed by atoms with Gasteiger partial charge in [-0.05, 0) is 29.8 Å². The molecule has 0 radical (unpaired) electrons. The molecule has 0 aliphatic carbocycles. The zero-order chi connectivity index (χ0) is 12.3. The summed E-state index contributed by atoms with van der Waals surface area (Å²) in [6, 6.07) is 13.5. The molecule has 4 heteroatoms. The lowest BCUT2D eigenvalue weighted by Crippen LogP contribution is -2.03. The average molecular weight is 312 g/mol. The van der Waals surface area contributed by atoms with Crippen molar-refractivity contribution in [1.29, 1.82) is 0 Å². The molecule has 0 heterocycles. The zero-order valence-corrected chi connectivity index (χ0v) is 11.4. The van der Waals surface area contributed by atoms with Gasteiger partial charge < -0.3 is 11.1 Å². The molecule has 2 aromatic carbocycles. The van der Waals surface area contributed by atoms with E-state index in [9.17, 15) is 0 Å². The van der Waals surface area contributed by atoms with Gasteiger partial charge in [0.25, 0.3) is 0 Å². The molecule has 0 saturated carbocycles. The van der Waals surface area contributed by atoms with Gasteiger partial charge in [-0.1, -0.05) is 45.7 Å². The molecule has 2 aromatic rings. The molecule has 0 bridgehead atoms. The van der Waals surface area contributed by atoms with E-state index in [0.717, 1.165) is 21.4 Å². The fraction of sp³-hybridized carbons (Fsp3) is 0.0769. The summed E-state index contributed by atoms with van der Waals surface area (Å²) in [7, 11) is 0. The Morgan fingerprint density at radius 1 is 1.18 bits per heavy atom. The summed E-state index contributed by atoms with van der Waals surface area (Å²) in [5.74, 6) is 0. The fourth-order valence-corrected chi connectivity index (χ4v) is 2.06. The molecule has 17 heavy (non-hydrogen) atoms. The van der Waals surface area contributed by atoms with Crippen molar-refractivity contribution >= 4 is 38.9 Å². The minimum atomic E-state index is 0.656. The van der Waals surface area contributed by atoms with E-state index in [1.807, 2.05) is 42.5 Å². The SMILES string of the molecule is Nc1ccccc1CNc1cc(Br)ccc1Cl. The summed E-state index contributed by atoms with van der Waals surface area (Å²) < 4.78 is 0.991. The van der Waals surface area contributed by atoms with E-state index in [1.54, 1.807) is 0 Å². The number of nitrogens with one attached hydrogen (secondary N) is 1. The summed E-state index contributed by atoms with van der Waals surface area (Å²) >= 11 is 9.50. The van der Waals surface area contributed by atoms with Crippen molar-refractivity contribution in [3.05, 3.63) is 57.5 Å². The third-order valence-electron chi connectivity index (χ3n) is 2.45.